The highest BCUT2D eigenvalue weighted by Gasteiger charge is 2.20. The fraction of sp³-hybridized carbons (Fsp3) is 0.0408. The molecule has 0 aliphatic rings. The predicted octanol–water partition coefficient (Wildman–Crippen LogP) is 13.2. The number of aromatic nitrogens is 2. The Kier molecular flexibility index (Phi) is 6.82. The maximum absolute atomic E-state index is 4.95. The average Bonchev–Trinajstić information content (AvgIpc) is 3.59. The lowest BCUT2D eigenvalue weighted by Gasteiger charge is -2.20. The van der Waals surface area contributed by atoms with Crippen LogP contribution in [0.25, 0.3) is 93.2 Å². The second kappa shape index (κ2) is 11.8. The van der Waals surface area contributed by atoms with Crippen LogP contribution < -0.4 is 0 Å². The molecule has 0 fully saturated rings. The molecule has 0 saturated carbocycles. The predicted molar refractivity (Wildman–Crippen MR) is 217 cm³/mol. The van der Waals surface area contributed by atoms with Gasteiger partial charge in [-0.1, -0.05) is 153 Å². The summed E-state index contributed by atoms with van der Waals surface area (Å²) in [5, 5.41) is 10.1. The Hall–Kier alpha value is -6.51. The monoisotopic (exact) mass is 650 g/mol. The highest BCUT2D eigenvalue weighted by atomic mass is 15.1. The van der Waals surface area contributed by atoms with E-state index >= 15 is 0 Å². The summed E-state index contributed by atoms with van der Waals surface area (Å²) in [7, 11) is 0. The molecule has 1 aromatic heterocycles. The molecule has 0 N–H and O–H groups in total. The summed E-state index contributed by atoms with van der Waals surface area (Å²) < 4.78 is 2.30. The molecule has 0 atom stereocenters. The van der Waals surface area contributed by atoms with E-state index in [1.54, 1.807) is 0 Å². The van der Waals surface area contributed by atoms with Gasteiger partial charge in [-0.25, -0.2) is 4.98 Å². The second-order valence-corrected chi connectivity index (χ2v) is 13.4. The Morgan fingerprint density at radius 3 is 1.90 bits per heavy atom. The SMILES string of the molecule is CCc1nc2ccccc2n1-c1ccc(-c2c3ccccc3c(-c3cccc4c3ccc3ccccc34)c3ccc(-c4ccccc4)cc23)cc1. The van der Waals surface area contributed by atoms with Crippen LogP contribution in [0.4, 0.5) is 0 Å². The second-order valence-electron chi connectivity index (χ2n) is 13.4. The van der Waals surface area contributed by atoms with Crippen molar-refractivity contribution >= 4 is 54.1 Å². The Labute approximate surface area is 296 Å². The fourth-order valence-electron chi connectivity index (χ4n) is 8.23. The number of imidazole rings is 1. The summed E-state index contributed by atoms with van der Waals surface area (Å²) in [5.41, 5.74) is 10.7. The molecule has 0 aliphatic carbocycles. The zero-order chi connectivity index (χ0) is 33.9. The van der Waals surface area contributed by atoms with E-state index in [0.29, 0.717) is 0 Å². The van der Waals surface area contributed by atoms with Gasteiger partial charge < -0.3 is 0 Å². The fourth-order valence-corrected chi connectivity index (χ4v) is 8.23. The van der Waals surface area contributed by atoms with E-state index < -0.39 is 0 Å². The zero-order valence-corrected chi connectivity index (χ0v) is 28.3. The van der Waals surface area contributed by atoms with Crippen LogP contribution in [-0.2, 0) is 6.42 Å². The molecule has 240 valence electrons. The number of aryl methyl sites for hydroxylation is 1. The number of benzene rings is 9. The Morgan fingerprint density at radius 2 is 1.08 bits per heavy atom. The van der Waals surface area contributed by atoms with Crippen molar-refractivity contribution < 1.29 is 0 Å². The van der Waals surface area contributed by atoms with E-state index in [9.17, 15) is 0 Å². The van der Waals surface area contributed by atoms with Gasteiger partial charge in [-0.3, -0.25) is 4.57 Å². The van der Waals surface area contributed by atoms with Gasteiger partial charge in [-0.15, -0.1) is 0 Å². The molecule has 0 bridgehead atoms. The smallest absolute Gasteiger partial charge is 0.114 e. The lowest BCUT2D eigenvalue weighted by molar-refractivity contribution is 0.908. The first-order valence-corrected chi connectivity index (χ1v) is 17.8. The van der Waals surface area contributed by atoms with Crippen molar-refractivity contribution in [1.82, 2.24) is 9.55 Å². The van der Waals surface area contributed by atoms with E-state index in [1.807, 2.05) is 0 Å². The Morgan fingerprint density at radius 1 is 0.431 bits per heavy atom. The summed E-state index contributed by atoms with van der Waals surface area (Å²) in [6, 6.07) is 64.3. The molecule has 0 unspecified atom stereocenters. The molecule has 2 nitrogen and oxygen atoms in total. The quantitative estimate of drug-likeness (QED) is 0.134. The molecule has 0 amide bonds. The molecule has 1 heterocycles. The average molecular weight is 651 g/mol. The van der Waals surface area contributed by atoms with Gasteiger partial charge in [-0.2, -0.15) is 0 Å². The third-order valence-corrected chi connectivity index (χ3v) is 10.5. The van der Waals surface area contributed by atoms with Crippen molar-refractivity contribution in [3.8, 4) is 39.1 Å². The number of rotatable bonds is 5. The van der Waals surface area contributed by atoms with Crippen LogP contribution in [0.1, 0.15) is 12.7 Å². The zero-order valence-electron chi connectivity index (χ0n) is 28.3. The van der Waals surface area contributed by atoms with Crippen LogP contribution in [-0.4, -0.2) is 9.55 Å². The lowest BCUT2D eigenvalue weighted by Crippen LogP contribution is -2.00. The van der Waals surface area contributed by atoms with Crippen molar-refractivity contribution in [3.05, 3.63) is 182 Å². The minimum Gasteiger partial charge on any atom is -0.296 e. The molecular formula is C49H34N2. The van der Waals surface area contributed by atoms with E-state index in [-0.39, 0.29) is 0 Å². The van der Waals surface area contributed by atoms with Crippen LogP contribution in [0.5, 0.6) is 0 Å². The highest BCUT2D eigenvalue weighted by molar-refractivity contribution is 6.25. The summed E-state index contributed by atoms with van der Waals surface area (Å²) in [6.45, 7) is 2.18. The third kappa shape index (κ3) is 4.68. The molecule has 51 heavy (non-hydrogen) atoms. The standard InChI is InChI=1S/C49H34N2/c1-2-47-50-45-21-10-11-22-46(45)51(47)36-27-23-34(24-28-36)48-41-17-8-9-18-42(41)49(43-30-26-35(31-44(43)48)32-13-4-3-5-14-32)40-20-12-19-38-37-16-7-6-15-33(37)25-29-39(38)40/h3-31H,2H2,1H3. The van der Waals surface area contributed by atoms with Crippen LogP contribution in [0, 0.1) is 0 Å². The number of nitrogens with zero attached hydrogens (tertiary/aromatic N) is 2. The van der Waals surface area contributed by atoms with Crippen LogP contribution >= 0.6 is 0 Å². The molecule has 0 aliphatic heterocycles. The molecule has 10 rings (SSSR count). The Balaban J connectivity index is 1.27. The van der Waals surface area contributed by atoms with E-state index in [1.165, 1.54) is 76.5 Å². The van der Waals surface area contributed by atoms with Gasteiger partial charge in [0.15, 0.2) is 0 Å². The van der Waals surface area contributed by atoms with Gasteiger partial charge >= 0.3 is 0 Å². The molecule has 10 aromatic rings. The first-order chi connectivity index (χ1) is 25.3. The Bertz CT molecular complexity index is 2930. The highest BCUT2D eigenvalue weighted by Crippen LogP contribution is 2.47. The summed E-state index contributed by atoms with van der Waals surface area (Å²) in [4.78, 5) is 4.95. The van der Waals surface area contributed by atoms with Gasteiger partial charge in [-0.05, 0) is 107 Å². The number of hydrogen-bond acceptors (Lipinski definition) is 1. The summed E-state index contributed by atoms with van der Waals surface area (Å²) in [6.07, 6.45) is 0.861. The molecule has 0 radical (unpaired) electrons. The van der Waals surface area contributed by atoms with Gasteiger partial charge in [0.2, 0.25) is 0 Å². The molecule has 2 heteroatoms. The molecule has 9 aromatic carbocycles. The maximum atomic E-state index is 4.95. The molecular weight excluding hydrogens is 617 g/mol. The van der Waals surface area contributed by atoms with Gasteiger partial charge in [0.25, 0.3) is 0 Å². The normalized spacial score (nSPS) is 11.7. The van der Waals surface area contributed by atoms with Crippen molar-refractivity contribution in [2.24, 2.45) is 0 Å². The van der Waals surface area contributed by atoms with Crippen molar-refractivity contribution in [2.45, 2.75) is 13.3 Å². The van der Waals surface area contributed by atoms with Crippen molar-refractivity contribution in [3.63, 3.8) is 0 Å². The summed E-state index contributed by atoms with van der Waals surface area (Å²) >= 11 is 0. The lowest BCUT2D eigenvalue weighted by atomic mass is 9.83. The van der Waals surface area contributed by atoms with E-state index in [0.717, 1.165) is 29.0 Å². The largest absolute Gasteiger partial charge is 0.296 e. The summed E-state index contributed by atoms with van der Waals surface area (Å²) in [5.74, 6) is 1.07. The van der Waals surface area contributed by atoms with Crippen LogP contribution in [0.15, 0.2) is 176 Å². The number of hydrogen-bond donors (Lipinski definition) is 0. The van der Waals surface area contributed by atoms with Crippen molar-refractivity contribution in [1.29, 1.82) is 0 Å². The minimum absolute atomic E-state index is 0.861. The van der Waals surface area contributed by atoms with Crippen LogP contribution in [0.3, 0.4) is 0 Å². The van der Waals surface area contributed by atoms with E-state index in [2.05, 4.69) is 187 Å². The first-order valence-electron chi connectivity index (χ1n) is 17.8. The molecule has 0 saturated heterocycles. The third-order valence-electron chi connectivity index (χ3n) is 10.5. The molecule has 0 spiro atoms. The van der Waals surface area contributed by atoms with E-state index in [4.69, 9.17) is 4.98 Å². The topological polar surface area (TPSA) is 17.8 Å². The first kappa shape index (κ1) is 29.4. The minimum atomic E-state index is 0.861. The van der Waals surface area contributed by atoms with Gasteiger partial charge in [0.05, 0.1) is 11.0 Å². The van der Waals surface area contributed by atoms with Gasteiger partial charge in [0, 0.05) is 12.1 Å². The number of para-hydroxylation sites is 2. The number of fused-ring (bicyclic) bond motifs is 6. The maximum Gasteiger partial charge on any atom is 0.114 e. The van der Waals surface area contributed by atoms with Crippen LogP contribution in [0.2, 0.25) is 0 Å². The van der Waals surface area contributed by atoms with Crippen molar-refractivity contribution in [2.75, 3.05) is 0 Å². The van der Waals surface area contributed by atoms with Gasteiger partial charge in [0.1, 0.15) is 5.82 Å².